The largest absolute Gasteiger partial charge is 0.351 e. The maximum absolute atomic E-state index is 13.0. The van der Waals surface area contributed by atoms with Gasteiger partial charge in [0.1, 0.15) is 0 Å². The first kappa shape index (κ1) is 16.8. The second-order valence-electron chi connectivity index (χ2n) is 6.70. The number of piperidine rings is 1. The summed E-state index contributed by atoms with van der Waals surface area (Å²) in [7, 11) is 0. The molecule has 0 aromatic heterocycles. The van der Waals surface area contributed by atoms with Gasteiger partial charge < -0.3 is 15.5 Å². The van der Waals surface area contributed by atoms with Gasteiger partial charge in [-0.25, -0.2) is 4.79 Å². The van der Waals surface area contributed by atoms with Crippen molar-refractivity contribution in [1.29, 1.82) is 0 Å². The Bertz CT molecular complexity index is 602. The highest BCUT2D eigenvalue weighted by Crippen LogP contribution is 2.25. The van der Waals surface area contributed by atoms with E-state index < -0.39 is 0 Å². The summed E-state index contributed by atoms with van der Waals surface area (Å²) in [6.07, 6.45) is 2.75. The first-order chi connectivity index (χ1) is 11.6. The highest BCUT2D eigenvalue weighted by atomic mass is 16.2. The average molecular weight is 330 g/mol. The van der Waals surface area contributed by atoms with Gasteiger partial charge >= 0.3 is 6.03 Å². The lowest BCUT2D eigenvalue weighted by atomic mass is 10.0. The molecule has 3 rings (SSSR count). The van der Waals surface area contributed by atoms with Crippen LogP contribution in [-0.2, 0) is 4.79 Å². The van der Waals surface area contributed by atoms with Crippen molar-refractivity contribution in [3.63, 3.8) is 0 Å². The second-order valence-corrected chi connectivity index (χ2v) is 6.70. The summed E-state index contributed by atoms with van der Waals surface area (Å²) in [5, 5.41) is 0. The van der Waals surface area contributed by atoms with E-state index in [0.29, 0.717) is 19.6 Å². The molecule has 0 bridgehead atoms. The van der Waals surface area contributed by atoms with Gasteiger partial charge in [0.05, 0.1) is 6.04 Å². The summed E-state index contributed by atoms with van der Waals surface area (Å²) in [5.74, 6) is 0.178. The molecule has 1 aromatic rings. The van der Waals surface area contributed by atoms with Crippen LogP contribution < -0.4 is 10.6 Å². The Balaban J connectivity index is 1.70. The molecule has 6 nitrogen and oxygen atoms in total. The molecule has 0 radical (unpaired) electrons. The van der Waals surface area contributed by atoms with Crippen LogP contribution >= 0.6 is 0 Å². The highest BCUT2D eigenvalue weighted by molar-refractivity contribution is 5.98. The van der Waals surface area contributed by atoms with Crippen LogP contribution in [0.2, 0.25) is 0 Å². The van der Waals surface area contributed by atoms with Gasteiger partial charge in [-0.3, -0.25) is 9.69 Å². The van der Waals surface area contributed by atoms with Gasteiger partial charge in [0.15, 0.2) is 0 Å². The third-order valence-corrected chi connectivity index (χ3v) is 5.04. The van der Waals surface area contributed by atoms with E-state index in [0.717, 1.165) is 38.0 Å². The molecular formula is C18H26N4O2. The normalized spacial score (nSPS) is 23.2. The summed E-state index contributed by atoms with van der Waals surface area (Å²) >= 11 is 0. The fourth-order valence-electron chi connectivity index (χ4n) is 3.65. The predicted octanol–water partition coefficient (Wildman–Crippen LogP) is 1.58. The van der Waals surface area contributed by atoms with Crippen molar-refractivity contribution in [2.75, 3.05) is 37.6 Å². The third-order valence-electron chi connectivity index (χ3n) is 5.04. The summed E-state index contributed by atoms with van der Waals surface area (Å²) in [6, 6.07) is 7.67. The summed E-state index contributed by atoms with van der Waals surface area (Å²) in [4.78, 5) is 30.2. The van der Waals surface area contributed by atoms with Gasteiger partial charge in [-0.05, 0) is 38.3 Å². The molecule has 3 amide bonds. The Morgan fingerprint density at radius 2 is 1.79 bits per heavy atom. The molecular weight excluding hydrogens is 304 g/mol. The van der Waals surface area contributed by atoms with Crippen LogP contribution in [0, 0.1) is 6.92 Å². The first-order valence-electron chi connectivity index (χ1n) is 8.73. The number of primary amides is 1. The molecule has 2 N–H and O–H groups in total. The van der Waals surface area contributed by atoms with E-state index >= 15 is 0 Å². The molecule has 1 unspecified atom stereocenters. The van der Waals surface area contributed by atoms with E-state index in [4.69, 9.17) is 5.73 Å². The van der Waals surface area contributed by atoms with E-state index in [1.807, 2.05) is 36.1 Å². The number of carbonyl (C=O) groups is 2. The topological polar surface area (TPSA) is 69.9 Å². The highest BCUT2D eigenvalue weighted by Gasteiger charge is 2.34. The molecule has 2 saturated heterocycles. The molecule has 2 heterocycles. The zero-order valence-electron chi connectivity index (χ0n) is 14.3. The monoisotopic (exact) mass is 330 g/mol. The van der Waals surface area contributed by atoms with Crippen LogP contribution in [0.4, 0.5) is 10.5 Å². The lowest BCUT2D eigenvalue weighted by Crippen LogP contribution is -2.53. The molecule has 0 spiro atoms. The molecule has 1 atom stereocenters. The molecule has 2 fully saturated rings. The lowest BCUT2D eigenvalue weighted by molar-refractivity contribution is -0.125. The molecule has 0 aliphatic carbocycles. The second kappa shape index (κ2) is 7.21. The molecule has 2 aliphatic heterocycles. The number of anilines is 1. The van der Waals surface area contributed by atoms with E-state index in [9.17, 15) is 9.59 Å². The van der Waals surface area contributed by atoms with E-state index in [1.165, 1.54) is 5.56 Å². The Labute approximate surface area is 143 Å². The first-order valence-corrected chi connectivity index (χ1v) is 8.73. The van der Waals surface area contributed by atoms with Crippen molar-refractivity contribution < 1.29 is 9.59 Å². The summed E-state index contributed by atoms with van der Waals surface area (Å²) in [5.41, 5.74) is 7.56. The summed E-state index contributed by atoms with van der Waals surface area (Å²) < 4.78 is 0. The molecule has 0 saturated carbocycles. The molecule has 130 valence electrons. The van der Waals surface area contributed by atoms with Gasteiger partial charge in [0, 0.05) is 38.4 Å². The van der Waals surface area contributed by atoms with Crippen molar-refractivity contribution in [1.82, 2.24) is 9.80 Å². The van der Waals surface area contributed by atoms with Gasteiger partial charge in [0.25, 0.3) is 0 Å². The van der Waals surface area contributed by atoms with Gasteiger partial charge in [0.2, 0.25) is 5.91 Å². The molecule has 1 aromatic carbocycles. The van der Waals surface area contributed by atoms with Crippen LogP contribution in [0.5, 0.6) is 0 Å². The molecule has 24 heavy (non-hydrogen) atoms. The van der Waals surface area contributed by atoms with Crippen molar-refractivity contribution in [2.45, 2.75) is 32.2 Å². The predicted molar refractivity (Wildman–Crippen MR) is 93.9 cm³/mol. The Morgan fingerprint density at radius 1 is 1.04 bits per heavy atom. The van der Waals surface area contributed by atoms with Crippen molar-refractivity contribution in [3.8, 4) is 0 Å². The minimum absolute atomic E-state index is 0.0899. The van der Waals surface area contributed by atoms with Crippen LogP contribution in [0.15, 0.2) is 24.3 Å². The van der Waals surface area contributed by atoms with E-state index in [1.54, 1.807) is 4.90 Å². The van der Waals surface area contributed by atoms with Crippen molar-refractivity contribution in [2.24, 2.45) is 5.73 Å². The number of hydrogen-bond acceptors (Lipinski definition) is 3. The number of rotatable bonds is 2. The number of aryl methyl sites for hydroxylation is 1. The number of hydrogen-bond donors (Lipinski definition) is 1. The van der Waals surface area contributed by atoms with Crippen LogP contribution in [0.3, 0.4) is 0 Å². The maximum Gasteiger partial charge on any atom is 0.314 e. The zero-order valence-corrected chi connectivity index (χ0v) is 14.3. The Hall–Kier alpha value is -2.08. The van der Waals surface area contributed by atoms with Crippen LogP contribution in [0.25, 0.3) is 0 Å². The third kappa shape index (κ3) is 3.53. The fourth-order valence-corrected chi connectivity index (χ4v) is 3.65. The Morgan fingerprint density at radius 3 is 2.50 bits per heavy atom. The lowest BCUT2D eigenvalue weighted by Gasteiger charge is -2.38. The average Bonchev–Trinajstić information content (AvgIpc) is 2.82. The van der Waals surface area contributed by atoms with Gasteiger partial charge in [-0.2, -0.15) is 0 Å². The quantitative estimate of drug-likeness (QED) is 0.895. The van der Waals surface area contributed by atoms with Crippen molar-refractivity contribution >= 4 is 17.6 Å². The molecule has 2 aliphatic rings. The number of carbonyl (C=O) groups excluding carboxylic acids is 2. The van der Waals surface area contributed by atoms with Gasteiger partial charge in [-0.15, -0.1) is 0 Å². The number of nitrogens with two attached hydrogens (primary N) is 1. The van der Waals surface area contributed by atoms with Crippen LogP contribution in [0.1, 0.15) is 24.8 Å². The number of amides is 3. The minimum Gasteiger partial charge on any atom is -0.351 e. The number of benzene rings is 1. The Kier molecular flexibility index (Phi) is 5.04. The smallest absolute Gasteiger partial charge is 0.314 e. The standard InChI is InChI=1S/C18H26N4O2/c1-14-5-7-15(8-6-14)22-11-2-4-16(17(22)23)20-9-3-10-21(13-12-20)18(19)24/h5-8,16H,2-4,9-13H2,1H3,(H2,19,24). The summed E-state index contributed by atoms with van der Waals surface area (Å²) in [6.45, 7) is 5.65. The van der Waals surface area contributed by atoms with E-state index in [2.05, 4.69) is 4.90 Å². The zero-order chi connectivity index (χ0) is 17.1. The fraction of sp³-hybridized carbons (Fsp3) is 0.556. The SMILES string of the molecule is Cc1ccc(N2CCCC(N3CCCN(C(N)=O)CC3)C2=O)cc1. The maximum atomic E-state index is 13.0. The van der Waals surface area contributed by atoms with Crippen molar-refractivity contribution in [3.05, 3.63) is 29.8 Å². The number of nitrogens with zero attached hydrogens (tertiary/aromatic N) is 3. The minimum atomic E-state index is -0.367. The van der Waals surface area contributed by atoms with Gasteiger partial charge in [-0.1, -0.05) is 17.7 Å². The molecule has 6 heteroatoms. The number of urea groups is 1. The van der Waals surface area contributed by atoms with Crippen LogP contribution in [-0.4, -0.2) is 60.5 Å². The van der Waals surface area contributed by atoms with E-state index in [-0.39, 0.29) is 18.0 Å².